The second-order valence-corrected chi connectivity index (χ2v) is 2.16. The number of hydrogen-bond donors (Lipinski definition) is 0. The van der Waals surface area contributed by atoms with Crippen LogP contribution in [0.3, 0.4) is 0 Å². The van der Waals surface area contributed by atoms with Crippen LogP contribution in [0.5, 0.6) is 0 Å². The highest BCUT2D eigenvalue weighted by molar-refractivity contribution is 5.74. The Hall–Kier alpha value is -0.530. The van der Waals surface area contributed by atoms with Gasteiger partial charge in [0.15, 0.2) is 0 Å². The van der Waals surface area contributed by atoms with Gasteiger partial charge in [-0.3, -0.25) is 4.79 Å². The molecular weight excluding hydrogens is 104 g/mol. The molecule has 1 aliphatic heterocycles. The fraction of sp³-hybridized carbons (Fsp3) is 0.667. The first-order valence-corrected chi connectivity index (χ1v) is 2.72. The van der Waals surface area contributed by atoms with Gasteiger partial charge < -0.3 is 4.74 Å². The van der Waals surface area contributed by atoms with Crippen LogP contribution in [0.1, 0.15) is 20.3 Å². The van der Waals surface area contributed by atoms with Crippen LogP contribution in [-0.2, 0) is 9.53 Å². The molecule has 1 heterocycles. The molecule has 0 N–H and O–H groups in total. The van der Waals surface area contributed by atoms with E-state index in [4.69, 9.17) is 4.74 Å². The Labute approximate surface area is 48.8 Å². The quantitative estimate of drug-likeness (QED) is 0.436. The molecule has 0 amide bonds. The van der Waals surface area contributed by atoms with E-state index in [-0.39, 0.29) is 12.1 Å². The van der Waals surface area contributed by atoms with Gasteiger partial charge in [0.2, 0.25) is 0 Å². The second-order valence-electron chi connectivity index (χ2n) is 2.16. The first-order chi connectivity index (χ1) is 3.70. The topological polar surface area (TPSA) is 26.3 Å². The number of cyclic esters (lactones) is 1. The zero-order chi connectivity index (χ0) is 6.15. The molecule has 1 aliphatic rings. The minimum Gasteiger partial charge on any atom is -0.462 e. The van der Waals surface area contributed by atoms with Crippen LogP contribution in [0, 0.1) is 5.92 Å². The standard InChI is InChI=1S/C6H9O2/c1-4-3-6(7)8-5(4)2/h5H,3H2,1-2H3. The third-order valence-corrected chi connectivity index (χ3v) is 1.43. The molecule has 2 heteroatoms. The molecule has 1 fully saturated rings. The Morgan fingerprint density at radius 1 is 1.75 bits per heavy atom. The summed E-state index contributed by atoms with van der Waals surface area (Å²) in [6.07, 6.45) is 0.573. The van der Waals surface area contributed by atoms with Gasteiger partial charge in [-0.05, 0) is 6.92 Å². The molecule has 1 rings (SSSR count). The van der Waals surface area contributed by atoms with Crippen molar-refractivity contribution in [2.75, 3.05) is 0 Å². The third kappa shape index (κ3) is 0.831. The Morgan fingerprint density at radius 2 is 2.38 bits per heavy atom. The normalized spacial score (nSPS) is 30.8. The van der Waals surface area contributed by atoms with E-state index in [1.165, 1.54) is 0 Å². The molecule has 0 bridgehead atoms. The van der Waals surface area contributed by atoms with Crippen LogP contribution < -0.4 is 0 Å². The van der Waals surface area contributed by atoms with Gasteiger partial charge in [-0.2, -0.15) is 0 Å². The maximum absolute atomic E-state index is 10.4. The maximum Gasteiger partial charge on any atom is 0.306 e. The molecule has 8 heavy (non-hydrogen) atoms. The second kappa shape index (κ2) is 1.77. The zero-order valence-electron chi connectivity index (χ0n) is 5.10. The number of esters is 1. The lowest BCUT2D eigenvalue weighted by Gasteiger charge is -2.02. The van der Waals surface area contributed by atoms with Crippen LogP contribution in [0.4, 0.5) is 0 Å². The molecule has 1 atom stereocenters. The molecule has 0 spiro atoms. The summed E-state index contributed by atoms with van der Waals surface area (Å²) in [5, 5.41) is 0. The molecule has 0 saturated carbocycles. The van der Waals surface area contributed by atoms with Crippen LogP contribution in [0.2, 0.25) is 0 Å². The summed E-state index contributed by atoms with van der Waals surface area (Å²) in [5.74, 6) is 1.05. The molecule has 45 valence electrons. The number of hydrogen-bond acceptors (Lipinski definition) is 2. The fourth-order valence-electron chi connectivity index (χ4n) is 0.711. The van der Waals surface area contributed by atoms with E-state index in [9.17, 15) is 4.79 Å². The molecule has 0 aromatic heterocycles. The van der Waals surface area contributed by atoms with Gasteiger partial charge in [0.25, 0.3) is 0 Å². The summed E-state index contributed by atoms with van der Waals surface area (Å²) < 4.78 is 4.80. The lowest BCUT2D eigenvalue weighted by atomic mass is 10.1. The Morgan fingerprint density at radius 3 is 2.50 bits per heavy atom. The van der Waals surface area contributed by atoms with Crippen molar-refractivity contribution in [3.63, 3.8) is 0 Å². The van der Waals surface area contributed by atoms with Gasteiger partial charge in [0, 0.05) is 5.92 Å². The Balaban J connectivity index is 2.51. The van der Waals surface area contributed by atoms with Crippen molar-refractivity contribution in [1.82, 2.24) is 0 Å². The average Bonchev–Trinajstić information content (AvgIpc) is 1.85. The van der Waals surface area contributed by atoms with E-state index in [0.29, 0.717) is 6.42 Å². The molecule has 1 saturated heterocycles. The average molecular weight is 113 g/mol. The van der Waals surface area contributed by atoms with Gasteiger partial charge in [0.05, 0.1) is 6.42 Å². The van der Waals surface area contributed by atoms with Crippen molar-refractivity contribution in [2.24, 2.45) is 0 Å². The first kappa shape index (κ1) is 5.60. The summed E-state index contributed by atoms with van der Waals surface area (Å²) in [5.41, 5.74) is 0. The molecular formula is C6H9O2. The van der Waals surface area contributed by atoms with Crippen molar-refractivity contribution in [3.05, 3.63) is 5.92 Å². The molecule has 1 radical (unpaired) electrons. The highest BCUT2D eigenvalue weighted by Gasteiger charge is 2.27. The number of rotatable bonds is 0. The van der Waals surface area contributed by atoms with Crippen molar-refractivity contribution in [1.29, 1.82) is 0 Å². The number of carbonyl (C=O) groups excluding carboxylic acids is 1. The Kier molecular flexibility index (Phi) is 1.24. The first-order valence-electron chi connectivity index (χ1n) is 2.72. The van der Waals surface area contributed by atoms with E-state index in [1.54, 1.807) is 0 Å². The molecule has 0 aromatic rings. The van der Waals surface area contributed by atoms with Crippen LogP contribution in [-0.4, -0.2) is 12.1 Å². The van der Waals surface area contributed by atoms with Gasteiger partial charge >= 0.3 is 5.97 Å². The minimum atomic E-state index is -0.0880. The van der Waals surface area contributed by atoms with Crippen LogP contribution in [0.25, 0.3) is 0 Å². The minimum absolute atomic E-state index is 0.0579. The third-order valence-electron chi connectivity index (χ3n) is 1.43. The lowest BCUT2D eigenvalue weighted by Crippen LogP contribution is -2.04. The SMILES string of the molecule is C[C]1CC(=O)OC1C. The van der Waals surface area contributed by atoms with Crippen molar-refractivity contribution < 1.29 is 9.53 Å². The highest BCUT2D eigenvalue weighted by Crippen LogP contribution is 2.21. The van der Waals surface area contributed by atoms with Gasteiger partial charge in [-0.15, -0.1) is 0 Å². The molecule has 0 aromatic carbocycles. The van der Waals surface area contributed by atoms with Gasteiger partial charge in [-0.25, -0.2) is 0 Å². The van der Waals surface area contributed by atoms with Crippen molar-refractivity contribution in [2.45, 2.75) is 26.4 Å². The van der Waals surface area contributed by atoms with E-state index in [0.717, 1.165) is 5.92 Å². The monoisotopic (exact) mass is 113 g/mol. The van der Waals surface area contributed by atoms with E-state index in [1.807, 2.05) is 13.8 Å². The predicted molar refractivity (Wildman–Crippen MR) is 29.1 cm³/mol. The number of carbonyl (C=O) groups is 1. The lowest BCUT2D eigenvalue weighted by molar-refractivity contribution is -0.140. The molecule has 0 aliphatic carbocycles. The van der Waals surface area contributed by atoms with E-state index < -0.39 is 0 Å². The largest absolute Gasteiger partial charge is 0.462 e. The predicted octanol–water partition coefficient (Wildman–Crippen LogP) is 0.916. The summed E-state index contributed by atoms with van der Waals surface area (Å²) in [6, 6.07) is 0. The number of ether oxygens (including phenoxy) is 1. The van der Waals surface area contributed by atoms with E-state index >= 15 is 0 Å². The smallest absolute Gasteiger partial charge is 0.306 e. The highest BCUT2D eigenvalue weighted by atomic mass is 16.5. The fourth-order valence-corrected chi connectivity index (χ4v) is 0.711. The van der Waals surface area contributed by atoms with E-state index in [2.05, 4.69) is 0 Å². The van der Waals surface area contributed by atoms with Gasteiger partial charge in [0.1, 0.15) is 6.10 Å². The van der Waals surface area contributed by atoms with Crippen LogP contribution in [0.15, 0.2) is 0 Å². The summed E-state index contributed by atoms with van der Waals surface area (Å²) in [7, 11) is 0. The summed E-state index contributed by atoms with van der Waals surface area (Å²) in [6.45, 7) is 3.83. The van der Waals surface area contributed by atoms with Crippen molar-refractivity contribution in [3.8, 4) is 0 Å². The molecule has 1 unspecified atom stereocenters. The Bertz CT molecular complexity index is 97.1. The maximum atomic E-state index is 10.4. The summed E-state index contributed by atoms with van der Waals surface area (Å²) >= 11 is 0. The van der Waals surface area contributed by atoms with Crippen molar-refractivity contribution >= 4 is 5.97 Å². The zero-order valence-corrected chi connectivity index (χ0v) is 5.10. The molecule has 2 nitrogen and oxygen atoms in total. The van der Waals surface area contributed by atoms with Crippen LogP contribution >= 0.6 is 0 Å². The van der Waals surface area contributed by atoms with Gasteiger partial charge in [-0.1, -0.05) is 6.92 Å². The summed E-state index contributed by atoms with van der Waals surface area (Å²) in [4.78, 5) is 10.4.